The summed E-state index contributed by atoms with van der Waals surface area (Å²) >= 11 is 0. The van der Waals surface area contributed by atoms with E-state index in [0.717, 1.165) is 55.6 Å². The van der Waals surface area contributed by atoms with Crippen molar-refractivity contribution in [3.63, 3.8) is 0 Å². The molecule has 0 aliphatic rings. The van der Waals surface area contributed by atoms with E-state index in [0.29, 0.717) is 5.82 Å². The van der Waals surface area contributed by atoms with Crippen LogP contribution in [0, 0.1) is 0 Å². The summed E-state index contributed by atoms with van der Waals surface area (Å²) in [5.41, 5.74) is 13.9. The van der Waals surface area contributed by atoms with Crippen LogP contribution in [0.25, 0.3) is 50.2 Å². The van der Waals surface area contributed by atoms with Gasteiger partial charge in [0.25, 0.3) is 0 Å². The molecule has 5 aromatic rings. The molecule has 10 heteroatoms. The predicted molar refractivity (Wildman–Crippen MR) is 144 cm³/mol. The van der Waals surface area contributed by atoms with Crippen molar-refractivity contribution in [2.24, 2.45) is 10.7 Å². The molecule has 5 rings (SSSR count). The van der Waals surface area contributed by atoms with Gasteiger partial charge in [0.1, 0.15) is 17.5 Å². The van der Waals surface area contributed by atoms with Gasteiger partial charge < -0.3 is 10.3 Å². The molecule has 1 unspecified atom stereocenters. The number of nitrogens with one attached hydrogen (secondary N) is 4. The minimum Gasteiger partial charge on any atom is -0.357 e. The number of benzene rings is 1. The van der Waals surface area contributed by atoms with E-state index in [4.69, 9.17) is 10.7 Å². The van der Waals surface area contributed by atoms with Crippen molar-refractivity contribution in [1.29, 1.82) is 0 Å². The van der Waals surface area contributed by atoms with Crippen LogP contribution in [0.1, 0.15) is 12.5 Å². The Balaban J connectivity index is 1.55. The lowest BCUT2D eigenvalue weighted by atomic mass is 10.0. The lowest BCUT2D eigenvalue weighted by Gasteiger charge is -2.15. The number of allylic oxidation sites excluding steroid dienone is 2. The smallest absolute Gasteiger partial charge is 0.159 e. The van der Waals surface area contributed by atoms with E-state index in [1.807, 2.05) is 37.3 Å². The Morgan fingerprint density at radius 1 is 1.17 bits per heavy atom. The molecule has 0 amide bonds. The van der Waals surface area contributed by atoms with Crippen LogP contribution in [-0.4, -0.2) is 50.2 Å². The Bertz CT molecular complexity index is 1590. The highest BCUT2D eigenvalue weighted by Crippen LogP contribution is 2.31. The van der Waals surface area contributed by atoms with Gasteiger partial charge in [-0.05, 0) is 56.1 Å². The minimum absolute atomic E-state index is 0.413. The van der Waals surface area contributed by atoms with Crippen molar-refractivity contribution < 1.29 is 0 Å². The van der Waals surface area contributed by atoms with Crippen LogP contribution >= 0.6 is 0 Å². The molecule has 0 aliphatic heterocycles. The van der Waals surface area contributed by atoms with Gasteiger partial charge in [-0.2, -0.15) is 5.10 Å². The van der Waals surface area contributed by atoms with Crippen LogP contribution in [0.15, 0.2) is 78.1 Å². The van der Waals surface area contributed by atoms with Crippen molar-refractivity contribution in [3.8, 4) is 22.6 Å². The van der Waals surface area contributed by atoms with Gasteiger partial charge in [0.15, 0.2) is 5.82 Å². The maximum absolute atomic E-state index is 5.96. The zero-order chi connectivity index (χ0) is 25.1. The summed E-state index contributed by atoms with van der Waals surface area (Å²) in [5, 5.41) is 14.7. The summed E-state index contributed by atoms with van der Waals surface area (Å²) in [6.07, 6.45) is 10.3. The van der Waals surface area contributed by atoms with E-state index in [1.165, 1.54) is 0 Å². The first kappa shape index (κ1) is 23.1. The number of hydrogen-bond donors (Lipinski definition) is 5. The molecular weight excluding hydrogens is 452 g/mol. The second kappa shape index (κ2) is 9.90. The fourth-order valence-electron chi connectivity index (χ4n) is 4.00. The Hall–Kier alpha value is -4.67. The summed E-state index contributed by atoms with van der Waals surface area (Å²) in [4.78, 5) is 20.8. The quantitative estimate of drug-likeness (QED) is 0.130. The van der Waals surface area contributed by atoms with Gasteiger partial charge in [0.05, 0.1) is 22.9 Å². The van der Waals surface area contributed by atoms with Crippen molar-refractivity contribution in [2.45, 2.75) is 13.2 Å². The van der Waals surface area contributed by atoms with E-state index in [9.17, 15) is 0 Å². The third-order valence-corrected chi connectivity index (χ3v) is 5.84. The molecule has 10 nitrogen and oxygen atoms in total. The zero-order valence-electron chi connectivity index (χ0n) is 19.9. The molecule has 4 aromatic heterocycles. The van der Waals surface area contributed by atoms with E-state index < -0.39 is 6.29 Å². The van der Waals surface area contributed by atoms with Crippen molar-refractivity contribution in [1.82, 2.24) is 40.8 Å². The molecule has 0 saturated heterocycles. The van der Waals surface area contributed by atoms with Crippen LogP contribution in [0.4, 0.5) is 0 Å². The topological polar surface area (TPSA) is 146 Å². The van der Waals surface area contributed by atoms with Crippen LogP contribution in [0.2, 0.25) is 0 Å². The molecule has 36 heavy (non-hydrogen) atoms. The van der Waals surface area contributed by atoms with Gasteiger partial charge in [-0.1, -0.05) is 12.1 Å². The summed E-state index contributed by atoms with van der Waals surface area (Å²) in [5.74, 6) is 0.659. The molecular formula is C26H26N10. The van der Waals surface area contributed by atoms with Gasteiger partial charge >= 0.3 is 0 Å². The molecule has 0 spiro atoms. The second-order valence-electron chi connectivity index (χ2n) is 8.25. The number of fused-ring (bicyclic) bond motifs is 2. The number of nitrogens with zero attached hydrogens (tertiary/aromatic N) is 5. The number of nitrogens with two attached hydrogens (primary N) is 1. The lowest BCUT2D eigenvalue weighted by Crippen LogP contribution is -2.46. The SMILES string of the molecule is C=N/C=C(\C=C(/C)c1ccc2[nH]nc(-c3nc4c(-c5cccnc5)cncc4[nH]3)c2c1)NC(N)NC. The van der Waals surface area contributed by atoms with Crippen LogP contribution < -0.4 is 16.4 Å². The Kier molecular flexibility index (Phi) is 6.35. The molecule has 0 radical (unpaired) electrons. The normalized spacial score (nSPS) is 13.3. The zero-order valence-corrected chi connectivity index (χ0v) is 19.9. The summed E-state index contributed by atoms with van der Waals surface area (Å²) in [6, 6.07) is 10.0. The Labute approximate surface area is 207 Å². The highest BCUT2D eigenvalue weighted by molar-refractivity contribution is 5.97. The van der Waals surface area contributed by atoms with Crippen LogP contribution in [0.3, 0.4) is 0 Å². The summed E-state index contributed by atoms with van der Waals surface area (Å²) in [7, 11) is 1.77. The molecule has 1 aromatic carbocycles. The van der Waals surface area contributed by atoms with Crippen molar-refractivity contribution in [3.05, 3.63) is 78.7 Å². The molecule has 4 heterocycles. The average Bonchev–Trinajstić information content (AvgIpc) is 3.52. The molecule has 180 valence electrons. The third kappa shape index (κ3) is 4.50. The number of H-pyrrole nitrogens is 2. The highest BCUT2D eigenvalue weighted by Gasteiger charge is 2.16. The predicted octanol–water partition coefficient (Wildman–Crippen LogP) is 3.56. The fourth-order valence-corrected chi connectivity index (χ4v) is 4.00. The first-order chi connectivity index (χ1) is 17.6. The fraction of sp³-hybridized carbons (Fsp3) is 0.115. The van der Waals surface area contributed by atoms with Crippen molar-refractivity contribution >= 4 is 34.2 Å². The van der Waals surface area contributed by atoms with Crippen LogP contribution in [-0.2, 0) is 0 Å². The maximum Gasteiger partial charge on any atom is 0.159 e. The van der Waals surface area contributed by atoms with Gasteiger partial charge in [-0.25, -0.2) is 4.98 Å². The number of hydrogen-bond acceptors (Lipinski definition) is 8. The standard InChI is InChI=1S/C26H26N10/c1-15(9-18(12-28-2)32-26(27)29-3)16-6-7-21-19(10-16)24(36-35-21)25-33-22-14-31-13-20(23(22)34-25)17-5-4-8-30-11-17/h4-14,26,29,32H,2,27H2,1,3H3,(H,33,34)(H,35,36)/b15-9+,18-12+. The molecule has 6 N–H and O–H groups in total. The molecule has 0 aliphatic carbocycles. The number of aromatic amines is 2. The largest absolute Gasteiger partial charge is 0.357 e. The molecule has 0 saturated carbocycles. The van der Waals surface area contributed by atoms with E-state index in [1.54, 1.807) is 38.0 Å². The van der Waals surface area contributed by atoms with Crippen molar-refractivity contribution in [2.75, 3.05) is 7.05 Å². The second-order valence-corrected chi connectivity index (χ2v) is 8.25. The number of aliphatic imine (C=N–C) groups is 1. The van der Waals surface area contributed by atoms with Crippen LogP contribution in [0.5, 0.6) is 0 Å². The number of aromatic nitrogens is 6. The minimum atomic E-state index is -0.413. The molecule has 1 atom stereocenters. The first-order valence-electron chi connectivity index (χ1n) is 11.3. The van der Waals surface area contributed by atoms with E-state index in [-0.39, 0.29) is 0 Å². The van der Waals surface area contributed by atoms with Gasteiger partial charge in [0.2, 0.25) is 0 Å². The first-order valence-corrected chi connectivity index (χ1v) is 11.3. The highest BCUT2D eigenvalue weighted by atomic mass is 15.2. The number of rotatable bonds is 8. The number of pyridine rings is 2. The van der Waals surface area contributed by atoms with E-state index in [2.05, 4.69) is 53.6 Å². The molecule has 0 fully saturated rings. The lowest BCUT2D eigenvalue weighted by molar-refractivity contribution is 0.522. The van der Waals surface area contributed by atoms with Gasteiger partial charge in [0, 0.05) is 41.3 Å². The molecule has 0 bridgehead atoms. The number of imidazole rings is 1. The van der Waals surface area contributed by atoms with E-state index >= 15 is 0 Å². The summed E-state index contributed by atoms with van der Waals surface area (Å²) in [6.45, 7) is 5.57. The Morgan fingerprint density at radius 3 is 2.83 bits per heavy atom. The summed E-state index contributed by atoms with van der Waals surface area (Å²) < 4.78 is 0. The monoisotopic (exact) mass is 478 g/mol. The average molecular weight is 479 g/mol. The third-order valence-electron chi connectivity index (χ3n) is 5.84. The maximum atomic E-state index is 5.96. The van der Waals surface area contributed by atoms with Gasteiger partial charge in [-0.3, -0.25) is 31.1 Å². The van der Waals surface area contributed by atoms with Gasteiger partial charge in [-0.15, -0.1) is 0 Å². The Morgan fingerprint density at radius 2 is 2.06 bits per heavy atom.